The summed E-state index contributed by atoms with van der Waals surface area (Å²) in [4.78, 5) is 0. The molecule has 0 radical (unpaired) electrons. The molecule has 34 heavy (non-hydrogen) atoms. The number of benzene rings is 1. The quantitative estimate of drug-likeness (QED) is 0.288. The lowest BCUT2D eigenvalue weighted by molar-refractivity contribution is 0.0473. The van der Waals surface area contributed by atoms with Crippen molar-refractivity contribution in [2.24, 2.45) is 29.1 Å². The second-order valence-corrected chi connectivity index (χ2v) is 12.1. The zero-order valence-electron chi connectivity index (χ0n) is 22.4. The van der Waals surface area contributed by atoms with Crippen molar-refractivity contribution in [3.8, 4) is 0 Å². The molecule has 0 atom stereocenters. The minimum absolute atomic E-state index is 0.432. The smallest absolute Gasteiger partial charge is 0.00237 e. The third kappa shape index (κ3) is 6.47. The van der Waals surface area contributed by atoms with E-state index in [1.54, 1.807) is 0 Å². The molecule has 3 aliphatic carbocycles. The first-order chi connectivity index (χ1) is 16.7. The van der Waals surface area contributed by atoms with Crippen LogP contribution in [0.25, 0.3) is 5.57 Å². The predicted octanol–water partition coefficient (Wildman–Crippen LogP) is 10.8. The van der Waals surface area contributed by atoms with Crippen LogP contribution in [0.5, 0.6) is 0 Å². The van der Waals surface area contributed by atoms with Crippen LogP contribution in [0.2, 0.25) is 0 Å². The maximum absolute atomic E-state index is 2.75. The first kappa shape index (κ1) is 25.8. The molecule has 2 fully saturated rings. The van der Waals surface area contributed by atoms with Gasteiger partial charge in [-0.3, -0.25) is 0 Å². The zero-order valence-corrected chi connectivity index (χ0v) is 22.4. The molecule has 0 spiro atoms. The molecule has 1 aromatic carbocycles. The second kappa shape index (κ2) is 13.1. The number of hydrogen-bond donors (Lipinski definition) is 0. The highest BCUT2D eigenvalue weighted by molar-refractivity contribution is 5.75. The van der Waals surface area contributed by atoms with Crippen LogP contribution in [0.15, 0.2) is 48.6 Å². The average molecular weight is 461 g/mol. The van der Waals surface area contributed by atoms with Crippen LogP contribution in [-0.4, -0.2) is 0 Å². The molecule has 0 bridgehead atoms. The largest absolute Gasteiger partial charge is 0.0768 e. The number of allylic oxidation sites excluding steroid dienone is 4. The Hall–Kier alpha value is -1.30. The Labute approximate surface area is 211 Å². The molecule has 0 amide bonds. The molecule has 2 saturated carbocycles. The highest BCUT2D eigenvalue weighted by Crippen LogP contribution is 2.55. The van der Waals surface area contributed by atoms with E-state index in [2.05, 4.69) is 62.4 Å². The van der Waals surface area contributed by atoms with E-state index in [1.807, 2.05) is 0 Å². The molecule has 0 aromatic heterocycles. The van der Waals surface area contributed by atoms with E-state index >= 15 is 0 Å². The van der Waals surface area contributed by atoms with Gasteiger partial charge >= 0.3 is 0 Å². The van der Waals surface area contributed by atoms with Crippen molar-refractivity contribution in [3.05, 3.63) is 54.1 Å². The van der Waals surface area contributed by atoms with Gasteiger partial charge in [0, 0.05) is 0 Å². The molecule has 0 aliphatic heterocycles. The summed E-state index contributed by atoms with van der Waals surface area (Å²) in [5.41, 5.74) is 3.28. The van der Waals surface area contributed by atoms with Crippen molar-refractivity contribution in [2.45, 2.75) is 123 Å². The lowest BCUT2D eigenvalue weighted by Crippen LogP contribution is -2.41. The van der Waals surface area contributed by atoms with Crippen LogP contribution in [0.3, 0.4) is 0 Å². The summed E-state index contributed by atoms with van der Waals surface area (Å²) in [7, 11) is 0. The standard InChI is InChI=1S/C34H52/c1-3-5-8-12-28-16-20-32(21-17-28)34(33-22-18-29(19-23-33)13-9-6-4-2)26-24-31(25-27-34)30-14-10-7-11-15-30/h7,10-11,14-15,24-26,28-29,32-33H,3-6,8-9,12-13,16-23,27H2,1-2H3. The molecule has 0 heterocycles. The van der Waals surface area contributed by atoms with Gasteiger partial charge in [-0.15, -0.1) is 0 Å². The Morgan fingerprint density at radius 2 is 1.21 bits per heavy atom. The van der Waals surface area contributed by atoms with E-state index in [-0.39, 0.29) is 0 Å². The normalized spacial score (nSPS) is 31.9. The fraction of sp³-hybridized carbons (Fsp3) is 0.706. The van der Waals surface area contributed by atoms with Crippen molar-refractivity contribution in [1.82, 2.24) is 0 Å². The lowest BCUT2D eigenvalue weighted by atomic mass is 9.54. The Kier molecular flexibility index (Phi) is 9.96. The van der Waals surface area contributed by atoms with Crippen molar-refractivity contribution >= 4 is 5.57 Å². The van der Waals surface area contributed by atoms with Crippen molar-refractivity contribution < 1.29 is 0 Å². The molecule has 0 N–H and O–H groups in total. The maximum Gasteiger partial charge on any atom is -0.00237 e. The van der Waals surface area contributed by atoms with Gasteiger partial charge in [-0.1, -0.05) is 139 Å². The molecule has 0 nitrogen and oxygen atoms in total. The summed E-state index contributed by atoms with van der Waals surface area (Å²) < 4.78 is 0. The van der Waals surface area contributed by atoms with Crippen molar-refractivity contribution in [3.63, 3.8) is 0 Å². The highest BCUT2D eigenvalue weighted by atomic mass is 14.5. The molecule has 0 unspecified atom stereocenters. The molecule has 4 rings (SSSR count). The fourth-order valence-electron chi connectivity index (χ4n) is 7.79. The summed E-state index contributed by atoms with van der Waals surface area (Å²) in [5.74, 6) is 3.83. The molecule has 1 aromatic rings. The minimum Gasteiger partial charge on any atom is -0.0768 e. The summed E-state index contributed by atoms with van der Waals surface area (Å²) in [6.07, 6.45) is 32.5. The van der Waals surface area contributed by atoms with Crippen molar-refractivity contribution in [1.29, 1.82) is 0 Å². The minimum atomic E-state index is 0.432. The van der Waals surface area contributed by atoms with Gasteiger partial charge in [-0.2, -0.15) is 0 Å². The Morgan fingerprint density at radius 3 is 1.65 bits per heavy atom. The summed E-state index contributed by atoms with van der Waals surface area (Å²) in [6.45, 7) is 4.68. The van der Waals surface area contributed by atoms with Crippen LogP contribution in [0.4, 0.5) is 0 Å². The van der Waals surface area contributed by atoms with E-state index in [0.29, 0.717) is 5.41 Å². The number of unbranched alkanes of at least 4 members (excludes halogenated alkanes) is 4. The topological polar surface area (TPSA) is 0 Å². The van der Waals surface area contributed by atoms with E-state index in [0.717, 1.165) is 23.7 Å². The van der Waals surface area contributed by atoms with Gasteiger partial charge < -0.3 is 0 Å². The third-order valence-electron chi connectivity index (χ3n) is 10.0. The second-order valence-electron chi connectivity index (χ2n) is 12.1. The highest BCUT2D eigenvalue weighted by Gasteiger charge is 2.45. The zero-order chi connectivity index (χ0) is 23.6. The maximum atomic E-state index is 2.75. The third-order valence-corrected chi connectivity index (χ3v) is 10.0. The molecule has 0 heteroatoms. The van der Waals surface area contributed by atoms with E-state index in [9.17, 15) is 0 Å². The Bertz CT molecular complexity index is 722. The summed E-state index contributed by atoms with van der Waals surface area (Å²) in [5, 5.41) is 0. The molecular weight excluding hydrogens is 408 g/mol. The van der Waals surface area contributed by atoms with Crippen LogP contribution in [0.1, 0.15) is 129 Å². The monoisotopic (exact) mass is 460 g/mol. The van der Waals surface area contributed by atoms with Gasteiger partial charge in [0.15, 0.2) is 0 Å². The van der Waals surface area contributed by atoms with Crippen molar-refractivity contribution in [2.75, 3.05) is 0 Å². The Morgan fingerprint density at radius 1 is 0.676 bits per heavy atom. The Balaban J connectivity index is 1.43. The van der Waals surface area contributed by atoms with Crippen LogP contribution >= 0.6 is 0 Å². The van der Waals surface area contributed by atoms with Gasteiger partial charge in [-0.25, -0.2) is 0 Å². The van der Waals surface area contributed by atoms with Gasteiger partial charge in [-0.05, 0) is 72.3 Å². The molecule has 188 valence electrons. The van der Waals surface area contributed by atoms with Crippen LogP contribution in [0, 0.1) is 29.1 Å². The van der Waals surface area contributed by atoms with Gasteiger partial charge in [0.2, 0.25) is 0 Å². The summed E-state index contributed by atoms with van der Waals surface area (Å²) in [6, 6.07) is 11.1. The van der Waals surface area contributed by atoms with Gasteiger partial charge in [0.05, 0.1) is 0 Å². The van der Waals surface area contributed by atoms with E-state index in [1.165, 1.54) is 120 Å². The first-order valence-corrected chi connectivity index (χ1v) is 15.2. The molecule has 0 saturated heterocycles. The fourth-order valence-corrected chi connectivity index (χ4v) is 7.79. The lowest BCUT2D eigenvalue weighted by Gasteiger charge is -2.50. The van der Waals surface area contributed by atoms with Gasteiger partial charge in [0.1, 0.15) is 0 Å². The molecule has 3 aliphatic rings. The number of rotatable bonds is 11. The van der Waals surface area contributed by atoms with Gasteiger partial charge in [0.25, 0.3) is 0 Å². The van der Waals surface area contributed by atoms with Crippen LogP contribution in [-0.2, 0) is 0 Å². The predicted molar refractivity (Wildman–Crippen MR) is 150 cm³/mol. The number of hydrogen-bond acceptors (Lipinski definition) is 0. The van der Waals surface area contributed by atoms with E-state index in [4.69, 9.17) is 0 Å². The summed E-state index contributed by atoms with van der Waals surface area (Å²) >= 11 is 0. The molecular formula is C34H52. The SMILES string of the molecule is CCCCCC1CCC(C2(C3CCC(CCCCC)CC3)C=CC(c3ccccc3)=CC2)CC1. The van der Waals surface area contributed by atoms with Crippen LogP contribution < -0.4 is 0 Å². The first-order valence-electron chi connectivity index (χ1n) is 15.2. The van der Waals surface area contributed by atoms with E-state index < -0.39 is 0 Å². The average Bonchev–Trinajstić information content (AvgIpc) is 2.90.